The highest BCUT2D eigenvalue weighted by molar-refractivity contribution is 5.85. The van der Waals surface area contributed by atoms with E-state index >= 15 is 0 Å². The Morgan fingerprint density at radius 1 is 1.29 bits per heavy atom. The number of aromatic nitrogens is 3. The maximum atomic E-state index is 5.99. The molecule has 3 aromatic rings. The predicted octanol–water partition coefficient (Wildman–Crippen LogP) is 3.26. The number of hydrogen-bond donors (Lipinski definition) is 1. The third-order valence-electron chi connectivity index (χ3n) is 3.28. The normalized spacial score (nSPS) is 11.2. The minimum absolute atomic E-state index is 0.302. The molecule has 0 spiro atoms. The van der Waals surface area contributed by atoms with Crippen molar-refractivity contribution >= 4 is 10.9 Å². The van der Waals surface area contributed by atoms with Crippen molar-refractivity contribution in [2.24, 2.45) is 5.73 Å². The van der Waals surface area contributed by atoms with Gasteiger partial charge in [0.25, 0.3) is 0 Å². The third-order valence-corrected chi connectivity index (χ3v) is 3.28. The summed E-state index contributed by atoms with van der Waals surface area (Å²) in [4.78, 5) is 4.50. The number of pyridine rings is 1. The van der Waals surface area contributed by atoms with Crippen LogP contribution in [0.5, 0.6) is 11.5 Å². The van der Waals surface area contributed by atoms with E-state index in [1.807, 2.05) is 41.2 Å². The van der Waals surface area contributed by atoms with E-state index in [0.29, 0.717) is 18.3 Å². The summed E-state index contributed by atoms with van der Waals surface area (Å²) >= 11 is 0. The summed E-state index contributed by atoms with van der Waals surface area (Å²) in [5.74, 6) is 1.47. The molecule has 1 aromatic carbocycles. The number of fused-ring (bicyclic) bond motifs is 1. The quantitative estimate of drug-likeness (QED) is 0.797. The first-order chi connectivity index (χ1) is 10.2. The average molecular weight is 282 g/mol. The molecule has 0 unspecified atom stereocenters. The summed E-state index contributed by atoms with van der Waals surface area (Å²) in [7, 11) is 0. The Morgan fingerprint density at radius 3 is 2.81 bits per heavy atom. The second-order valence-electron chi connectivity index (χ2n) is 5.18. The van der Waals surface area contributed by atoms with Gasteiger partial charge in [0.15, 0.2) is 5.75 Å². The molecule has 2 N–H and O–H groups in total. The molecule has 21 heavy (non-hydrogen) atoms. The number of nitrogens with two attached hydrogens (primary N) is 1. The maximum Gasteiger partial charge on any atom is 0.165 e. The summed E-state index contributed by atoms with van der Waals surface area (Å²) in [6, 6.07) is 10.1. The maximum absolute atomic E-state index is 5.99. The lowest BCUT2D eigenvalue weighted by atomic mass is 10.2. The Morgan fingerprint density at radius 2 is 2.10 bits per heavy atom. The topological polar surface area (TPSA) is 66.0 Å². The van der Waals surface area contributed by atoms with Crippen LogP contribution in [0.25, 0.3) is 10.9 Å². The van der Waals surface area contributed by atoms with Crippen LogP contribution in [0.3, 0.4) is 0 Å². The molecule has 0 atom stereocenters. The molecule has 5 nitrogen and oxygen atoms in total. The van der Waals surface area contributed by atoms with Crippen molar-refractivity contribution in [2.45, 2.75) is 26.4 Å². The molecule has 0 bridgehead atoms. The Bertz CT molecular complexity index is 764. The zero-order valence-electron chi connectivity index (χ0n) is 12.2. The number of para-hydroxylation sites is 1. The van der Waals surface area contributed by atoms with Gasteiger partial charge in [0, 0.05) is 24.0 Å². The Kier molecular flexibility index (Phi) is 3.58. The van der Waals surface area contributed by atoms with Gasteiger partial charge in [-0.25, -0.2) is 0 Å². The molecular formula is C16H18N4O. The summed E-state index contributed by atoms with van der Waals surface area (Å²) in [5, 5.41) is 5.25. The number of rotatable bonds is 4. The van der Waals surface area contributed by atoms with Gasteiger partial charge in [-0.1, -0.05) is 12.1 Å². The van der Waals surface area contributed by atoms with Crippen molar-refractivity contribution in [1.82, 2.24) is 14.8 Å². The molecule has 2 aromatic heterocycles. The van der Waals surface area contributed by atoms with Crippen molar-refractivity contribution in [3.05, 3.63) is 48.4 Å². The SMILES string of the molecule is CC(C)n1cc(Oc2cc(CN)nc3ccccc23)cn1. The molecule has 0 fully saturated rings. The van der Waals surface area contributed by atoms with Gasteiger partial charge in [-0.2, -0.15) is 5.10 Å². The van der Waals surface area contributed by atoms with E-state index in [0.717, 1.165) is 22.3 Å². The molecule has 2 heterocycles. The average Bonchev–Trinajstić information content (AvgIpc) is 2.96. The van der Waals surface area contributed by atoms with E-state index in [1.165, 1.54) is 0 Å². The Hall–Kier alpha value is -2.40. The second-order valence-corrected chi connectivity index (χ2v) is 5.18. The van der Waals surface area contributed by atoms with Crippen LogP contribution in [0.4, 0.5) is 0 Å². The van der Waals surface area contributed by atoms with E-state index in [2.05, 4.69) is 23.9 Å². The molecule has 0 saturated carbocycles. The highest BCUT2D eigenvalue weighted by Gasteiger charge is 2.09. The van der Waals surface area contributed by atoms with Crippen LogP contribution >= 0.6 is 0 Å². The minimum atomic E-state index is 0.302. The Balaban J connectivity index is 2.02. The van der Waals surface area contributed by atoms with Crippen LogP contribution in [0.15, 0.2) is 42.7 Å². The van der Waals surface area contributed by atoms with Gasteiger partial charge in [0.05, 0.1) is 23.6 Å². The molecule has 0 saturated heterocycles. The summed E-state index contributed by atoms with van der Waals surface area (Å²) in [5.41, 5.74) is 7.40. The smallest absolute Gasteiger partial charge is 0.165 e. The fourth-order valence-electron chi connectivity index (χ4n) is 2.17. The molecule has 108 valence electrons. The van der Waals surface area contributed by atoms with E-state index in [1.54, 1.807) is 6.20 Å². The second kappa shape index (κ2) is 5.54. The molecule has 3 rings (SSSR count). The van der Waals surface area contributed by atoms with Crippen LogP contribution in [0.2, 0.25) is 0 Å². The standard InChI is InChI=1S/C16H18N4O/c1-11(2)20-10-13(9-18-20)21-16-7-12(8-17)19-15-6-4-3-5-14(15)16/h3-7,9-11H,8,17H2,1-2H3. The first-order valence-corrected chi connectivity index (χ1v) is 6.98. The number of benzene rings is 1. The highest BCUT2D eigenvalue weighted by Crippen LogP contribution is 2.30. The zero-order chi connectivity index (χ0) is 14.8. The van der Waals surface area contributed by atoms with Crippen LogP contribution in [-0.2, 0) is 6.54 Å². The van der Waals surface area contributed by atoms with Crippen molar-refractivity contribution < 1.29 is 4.74 Å². The van der Waals surface area contributed by atoms with Crippen molar-refractivity contribution in [3.8, 4) is 11.5 Å². The summed E-state index contributed by atoms with van der Waals surface area (Å²) < 4.78 is 7.85. The van der Waals surface area contributed by atoms with Crippen molar-refractivity contribution in [1.29, 1.82) is 0 Å². The molecular weight excluding hydrogens is 264 g/mol. The van der Waals surface area contributed by atoms with Crippen LogP contribution in [0, 0.1) is 0 Å². The molecule has 0 aliphatic rings. The van der Waals surface area contributed by atoms with Crippen LogP contribution < -0.4 is 10.5 Å². The van der Waals surface area contributed by atoms with E-state index in [4.69, 9.17) is 10.5 Å². The fourth-order valence-corrected chi connectivity index (χ4v) is 2.17. The monoisotopic (exact) mass is 282 g/mol. The summed E-state index contributed by atoms with van der Waals surface area (Å²) in [6.45, 7) is 4.53. The van der Waals surface area contributed by atoms with Gasteiger partial charge < -0.3 is 10.5 Å². The first-order valence-electron chi connectivity index (χ1n) is 6.98. The fraction of sp³-hybridized carbons (Fsp3) is 0.250. The third kappa shape index (κ3) is 2.73. The van der Waals surface area contributed by atoms with Gasteiger partial charge in [0.2, 0.25) is 0 Å². The largest absolute Gasteiger partial charge is 0.453 e. The lowest BCUT2D eigenvalue weighted by molar-refractivity contribution is 0.481. The van der Waals surface area contributed by atoms with Gasteiger partial charge >= 0.3 is 0 Å². The van der Waals surface area contributed by atoms with Gasteiger partial charge in [-0.05, 0) is 26.0 Å². The molecule has 0 radical (unpaired) electrons. The number of ether oxygens (including phenoxy) is 1. The first kappa shape index (κ1) is 13.6. The molecule has 0 amide bonds. The molecule has 0 aliphatic heterocycles. The lowest BCUT2D eigenvalue weighted by Crippen LogP contribution is -2.01. The van der Waals surface area contributed by atoms with Crippen molar-refractivity contribution in [3.63, 3.8) is 0 Å². The Labute approximate surface area is 123 Å². The zero-order valence-corrected chi connectivity index (χ0v) is 12.2. The van der Waals surface area contributed by atoms with E-state index in [9.17, 15) is 0 Å². The van der Waals surface area contributed by atoms with Gasteiger partial charge in [-0.15, -0.1) is 0 Å². The van der Waals surface area contributed by atoms with Crippen molar-refractivity contribution in [2.75, 3.05) is 0 Å². The minimum Gasteiger partial charge on any atom is -0.453 e. The van der Waals surface area contributed by atoms with E-state index < -0.39 is 0 Å². The molecule has 0 aliphatic carbocycles. The highest BCUT2D eigenvalue weighted by atomic mass is 16.5. The van der Waals surface area contributed by atoms with Gasteiger partial charge in [-0.3, -0.25) is 9.67 Å². The number of nitrogens with zero attached hydrogens (tertiary/aromatic N) is 3. The number of hydrogen-bond acceptors (Lipinski definition) is 4. The van der Waals surface area contributed by atoms with E-state index in [-0.39, 0.29) is 0 Å². The summed E-state index contributed by atoms with van der Waals surface area (Å²) in [6.07, 6.45) is 3.61. The van der Waals surface area contributed by atoms with Crippen LogP contribution in [0.1, 0.15) is 25.6 Å². The lowest BCUT2D eigenvalue weighted by Gasteiger charge is -2.09. The van der Waals surface area contributed by atoms with Crippen LogP contribution in [-0.4, -0.2) is 14.8 Å². The predicted molar refractivity (Wildman–Crippen MR) is 82.3 cm³/mol. The molecule has 5 heteroatoms. The van der Waals surface area contributed by atoms with Gasteiger partial charge in [0.1, 0.15) is 5.75 Å².